The van der Waals surface area contributed by atoms with Gasteiger partial charge in [0.1, 0.15) is 42.7 Å². The van der Waals surface area contributed by atoms with Gasteiger partial charge in [-0.2, -0.15) is 0 Å². The van der Waals surface area contributed by atoms with Crippen LogP contribution in [0.25, 0.3) is 11.0 Å². The van der Waals surface area contributed by atoms with Crippen LogP contribution in [0.15, 0.2) is 10.5 Å². The Hall–Kier alpha value is -0.980. The zero-order chi connectivity index (χ0) is 11.2. The molecule has 0 saturated heterocycles. The summed E-state index contributed by atoms with van der Waals surface area (Å²) in [5.41, 5.74) is 1.92. The van der Waals surface area contributed by atoms with E-state index in [1.54, 1.807) is 0 Å². The molecule has 0 fully saturated rings. The molecule has 0 amide bonds. The van der Waals surface area contributed by atoms with Crippen molar-refractivity contribution in [2.45, 2.75) is 13.3 Å². The summed E-state index contributed by atoms with van der Waals surface area (Å²) < 4.78 is 5.52. The molecule has 0 aliphatic heterocycles. The third kappa shape index (κ3) is 1.45. The quantitative estimate of drug-likeness (QED) is 0.477. The first-order valence-electron chi connectivity index (χ1n) is 4.70. The van der Waals surface area contributed by atoms with E-state index in [9.17, 15) is 0 Å². The van der Waals surface area contributed by atoms with Gasteiger partial charge in [-0.25, -0.2) is 0 Å². The molecule has 0 saturated carbocycles. The summed E-state index contributed by atoms with van der Waals surface area (Å²) >= 11 is 0. The fourth-order valence-corrected chi connectivity index (χ4v) is 1.57. The Kier molecular flexibility index (Phi) is 2.49. The number of benzene rings is 1. The Balaban J connectivity index is 2.90. The number of hydrogen-bond acceptors (Lipinski definition) is 1. The third-order valence-electron chi connectivity index (χ3n) is 2.54. The Bertz CT molecular complexity index is 485. The van der Waals surface area contributed by atoms with Crippen LogP contribution in [-0.2, 0) is 6.42 Å². The van der Waals surface area contributed by atoms with E-state index in [1.165, 1.54) is 0 Å². The molecule has 0 aliphatic carbocycles. The summed E-state index contributed by atoms with van der Waals surface area (Å²) in [5, 5.41) is 0.732. The lowest BCUT2D eigenvalue weighted by Crippen LogP contribution is -2.47. The van der Waals surface area contributed by atoms with Crippen LogP contribution < -0.4 is 21.9 Å². The molecule has 0 unspecified atom stereocenters. The lowest BCUT2D eigenvalue weighted by molar-refractivity contribution is 0.559. The standard InChI is InChI=1S/C10H6B4O/c1-2-4-3-5-6(11)7(12)8(13)9(14)10(5)15-4/h3H,2H2,1H3. The summed E-state index contributed by atoms with van der Waals surface area (Å²) in [7, 11) is 23.1. The largest absolute Gasteiger partial charge is 0.462 e. The van der Waals surface area contributed by atoms with Gasteiger partial charge in [0.15, 0.2) is 0 Å². The van der Waals surface area contributed by atoms with E-state index in [2.05, 4.69) is 0 Å². The number of hydrogen-bond donors (Lipinski definition) is 0. The third-order valence-corrected chi connectivity index (χ3v) is 2.54. The second-order valence-corrected chi connectivity index (χ2v) is 3.46. The van der Waals surface area contributed by atoms with E-state index in [0.29, 0.717) is 22.0 Å². The number of furan rings is 1. The van der Waals surface area contributed by atoms with Gasteiger partial charge in [-0.05, 0) is 6.07 Å². The number of aryl methyl sites for hydroxylation is 1. The van der Waals surface area contributed by atoms with Crippen LogP contribution in [0.2, 0.25) is 0 Å². The summed E-state index contributed by atoms with van der Waals surface area (Å²) in [6, 6.07) is 1.84. The first-order valence-corrected chi connectivity index (χ1v) is 4.70. The van der Waals surface area contributed by atoms with Gasteiger partial charge in [0.2, 0.25) is 0 Å². The van der Waals surface area contributed by atoms with Gasteiger partial charge in [0, 0.05) is 11.8 Å². The van der Waals surface area contributed by atoms with Crippen LogP contribution in [0, 0.1) is 0 Å². The van der Waals surface area contributed by atoms with Crippen molar-refractivity contribution in [1.29, 1.82) is 0 Å². The van der Waals surface area contributed by atoms with E-state index in [4.69, 9.17) is 35.8 Å². The molecule has 64 valence electrons. The predicted molar refractivity (Wildman–Crippen MR) is 67.1 cm³/mol. The van der Waals surface area contributed by atoms with E-state index in [0.717, 1.165) is 17.6 Å². The average molecular weight is 185 g/mol. The summed E-state index contributed by atoms with van der Waals surface area (Å²) in [5.74, 6) is 0.813. The van der Waals surface area contributed by atoms with Gasteiger partial charge in [-0.1, -0.05) is 17.8 Å². The molecule has 0 spiro atoms. The van der Waals surface area contributed by atoms with Crippen molar-refractivity contribution in [3.05, 3.63) is 11.8 Å². The van der Waals surface area contributed by atoms with Crippen LogP contribution in [0.1, 0.15) is 12.7 Å². The Morgan fingerprint density at radius 2 is 1.60 bits per heavy atom. The topological polar surface area (TPSA) is 13.1 Å². The fourth-order valence-electron chi connectivity index (χ4n) is 1.57. The molecular formula is C10H6B4O. The average Bonchev–Trinajstić information content (AvgIpc) is 2.67. The smallest absolute Gasteiger partial charge is 0.126 e. The minimum atomic E-state index is 0.289. The maximum Gasteiger partial charge on any atom is 0.126 e. The zero-order valence-electron chi connectivity index (χ0n) is 8.50. The van der Waals surface area contributed by atoms with Gasteiger partial charge in [-0.15, -0.1) is 10.9 Å². The monoisotopic (exact) mass is 186 g/mol. The molecule has 0 aliphatic rings. The van der Waals surface area contributed by atoms with E-state index in [1.807, 2.05) is 13.0 Å². The molecule has 8 radical (unpaired) electrons. The second kappa shape index (κ2) is 3.55. The first kappa shape index (κ1) is 10.5. The molecular weight excluding hydrogens is 179 g/mol. The highest BCUT2D eigenvalue weighted by Crippen LogP contribution is 2.14. The SMILES string of the molecule is [B]c1c([B])c([B])c2oc(CC)cc2c1[B]. The normalized spacial score (nSPS) is 11.0. The van der Waals surface area contributed by atoms with Crippen molar-refractivity contribution in [3.63, 3.8) is 0 Å². The van der Waals surface area contributed by atoms with Gasteiger partial charge in [0.05, 0.1) is 0 Å². The maximum absolute atomic E-state index is 5.84. The molecule has 5 heteroatoms. The van der Waals surface area contributed by atoms with Crippen molar-refractivity contribution in [1.82, 2.24) is 0 Å². The Morgan fingerprint density at radius 3 is 2.20 bits per heavy atom. The molecule has 2 rings (SSSR count). The fraction of sp³-hybridized carbons (Fsp3) is 0.200. The van der Waals surface area contributed by atoms with E-state index >= 15 is 0 Å². The molecule has 1 heterocycles. The minimum absolute atomic E-state index is 0.289. The lowest BCUT2D eigenvalue weighted by Gasteiger charge is -2.11. The van der Waals surface area contributed by atoms with Gasteiger partial charge >= 0.3 is 0 Å². The van der Waals surface area contributed by atoms with Crippen LogP contribution in [0.4, 0.5) is 0 Å². The highest BCUT2D eigenvalue weighted by Gasteiger charge is 2.11. The van der Waals surface area contributed by atoms with Gasteiger partial charge in [0.25, 0.3) is 0 Å². The lowest BCUT2D eigenvalue weighted by atomic mass is 9.66. The van der Waals surface area contributed by atoms with Crippen LogP contribution >= 0.6 is 0 Å². The van der Waals surface area contributed by atoms with Crippen LogP contribution in [0.3, 0.4) is 0 Å². The van der Waals surface area contributed by atoms with Crippen molar-refractivity contribution >= 4 is 64.2 Å². The van der Waals surface area contributed by atoms with E-state index in [-0.39, 0.29) is 5.46 Å². The summed E-state index contributed by atoms with van der Waals surface area (Å²) in [4.78, 5) is 0. The molecule has 1 aromatic heterocycles. The molecule has 1 nitrogen and oxygen atoms in total. The molecule has 2 aromatic rings. The summed E-state index contributed by atoms with van der Waals surface area (Å²) in [6.45, 7) is 1.98. The summed E-state index contributed by atoms with van der Waals surface area (Å²) in [6.07, 6.45) is 0.771. The number of rotatable bonds is 1. The van der Waals surface area contributed by atoms with Gasteiger partial charge in [-0.3, -0.25) is 0 Å². The zero-order valence-corrected chi connectivity index (χ0v) is 8.50. The van der Waals surface area contributed by atoms with Crippen LogP contribution in [-0.4, -0.2) is 31.4 Å². The van der Waals surface area contributed by atoms with Gasteiger partial charge < -0.3 is 4.42 Å². The highest BCUT2D eigenvalue weighted by molar-refractivity contribution is 6.66. The van der Waals surface area contributed by atoms with Crippen LogP contribution in [0.5, 0.6) is 0 Å². The molecule has 0 atom stereocenters. The maximum atomic E-state index is 5.84. The molecule has 1 aromatic carbocycles. The second-order valence-electron chi connectivity index (χ2n) is 3.46. The Labute approximate surface area is 94.2 Å². The molecule has 15 heavy (non-hydrogen) atoms. The van der Waals surface area contributed by atoms with Crippen molar-refractivity contribution in [2.75, 3.05) is 0 Å². The predicted octanol–water partition coefficient (Wildman–Crippen LogP) is -1.83. The minimum Gasteiger partial charge on any atom is -0.462 e. The Morgan fingerprint density at radius 1 is 1.00 bits per heavy atom. The van der Waals surface area contributed by atoms with Crippen molar-refractivity contribution in [3.8, 4) is 0 Å². The van der Waals surface area contributed by atoms with Crippen molar-refractivity contribution < 1.29 is 4.42 Å². The molecule has 0 bridgehead atoms. The number of fused-ring (bicyclic) bond motifs is 1. The highest BCUT2D eigenvalue weighted by atomic mass is 16.3. The van der Waals surface area contributed by atoms with Crippen molar-refractivity contribution in [2.24, 2.45) is 0 Å². The first-order chi connectivity index (χ1) is 7.06. The molecule has 0 N–H and O–H groups in total. The van der Waals surface area contributed by atoms with E-state index < -0.39 is 0 Å².